The van der Waals surface area contributed by atoms with Crippen LogP contribution in [0.15, 0.2) is 24.3 Å². The average Bonchev–Trinajstić information content (AvgIpc) is 2.88. The maximum absolute atomic E-state index is 3.70. The van der Waals surface area contributed by atoms with Gasteiger partial charge in [0.05, 0.1) is 25.8 Å². The third-order valence-corrected chi connectivity index (χ3v) is 4.95. The Hall–Kier alpha value is -0.550. The third kappa shape index (κ3) is 1.56. The second-order valence-electron chi connectivity index (χ2n) is 5.90. The molecule has 1 aromatic heterocycles. The minimum atomic E-state index is 0. The Bertz CT molecular complexity index is 589. The first-order valence-electron chi connectivity index (χ1n) is 6.72. The third-order valence-electron chi connectivity index (χ3n) is 4.95. The fourth-order valence-corrected chi connectivity index (χ4v) is 3.98. The maximum atomic E-state index is 3.70. The highest BCUT2D eigenvalue weighted by molar-refractivity contribution is 5.85. The van der Waals surface area contributed by atoms with Crippen LogP contribution in [0.1, 0.15) is 30.1 Å². The molecule has 2 unspecified atom stereocenters. The molecule has 96 valence electrons. The van der Waals surface area contributed by atoms with Crippen LogP contribution in [0.25, 0.3) is 10.9 Å². The Morgan fingerprint density at radius 2 is 2.06 bits per heavy atom. The van der Waals surface area contributed by atoms with Gasteiger partial charge in [-0.15, -0.1) is 0 Å². The molecule has 2 aromatic rings. The lowest BCUT2D eigenvalue weighted by Gasteiger charge is -2.39. The summed E-state index contributed by atoms with van der Waals surface area (Å²) < 4.78 is 1.26. The number of para-hydroxylation sites is 1. The standard InChI is InChI=1S/C15H19N2.HI/c1-17-9-4-7-14(17)15-12(8-10-17)11-5-2-3-6-13(11)16-15;/h2-3,5-6,14,16H,4,7-10H2,1H3;1H/q+1;/p-1. The number of hydrogen-bond donors (Lipinski definition) is 1. The van der Waals surface area contributed by atoms with Gasteiger partial charge >= 0.3 is 0 Å². The van der Waals surface area contributed by atoms with E-state index in [1.54, 1.807) is 5.56 Å². The summed E-state index contributed by atoms with van der Waals surface area (Å²) in [6.07, 6.45) is 3.98. The quantitative estimate of drug-likeness (QED) is 0.507. The van der Waals surface area contributed by atoms with Crippen LogP contribution < -0.4 is 24.0 Å². The fraction of sp³-hybridized carbons (Fsp3) is 0.467. The molecule has 0 spiro atoms. The monoisotopic (exact) mass is 354 g/mol. The first kappa shape index (κ1) is 12.5. The number of quaternary nitrogens is 1. The second-order valence-corrected chi connectivity index (χ2v) is 5.90. The number of rotatable bonds is 0. The van der Waals surface area contributed by atoms with Crippen molar-refractivity contribution in [3.63, 3.8) is 0 Å². The number of nitrogens with one attached hydrogen (secondary N) is 1. The molecular weight excluding hydrogens is 335 g/mol. The normalized spacial score (nSPS) is 29.7. The molecule has 4 rings (SSSR count). The van der Waals surface area contributed by atoms with Crippen molar-refractivity contribution in [1.29, 1.82) is 0 Å². The summed E-state index contributed by atoms with van der Waals surface area (Å²) >= 11 is 0. The van der Waals surface area contributed by atoms with E-state index in [4.69, 9.17) is 0 Å². The first-order chi connectivity index (χ1) is 8.28. The number of hydrogen-bond acceptors (Lipinski definition) is 0. The second kappa shape index (κ2) is 4.23. The molecule has 18 heavy (non-hydrogen) atoms. The Balaban J connectivity index is 0.000001000. The van der Waals surface area contributed by atoms with E-state index in [0.29, 0.717) is 0 Å². The lowest BCUT2D eigenvalue weighted by atomic mass is 9.96. The van der Waals surface area contributed by atoms with Gasteiger partial charge in [-0.3, -0.25) is 0 Å². The van der Waals surface area contributed by atoms with E-state index in [1.165, 1.54) is 53.4 Å². The topological polar surface area (TPSA) is 15.8 Å². The van der Waals surface area contributed by atoms with E-state index in [9.17, 15) is 0 Å². The molecule has 1 N–H and O–H groups in total. The molecule has 3 heterocycles. The lowest BCUT2D eigenvalue weighted by Crippen LogP contribution is -3.00. The van der Waals surface area contributed by atoms with E-state index in [1.807, 2.05) is 0 Å². The summed E-state index contributed by atoms with van der Waals surface area (Å²) in [5.74, 6) is 0. The predicted molar refractivity (Wildman–Crippen MR) is 69.9 cm³/mol. The van der Waals surface area contributed by atoms with Crippen molar-refractivity contribution in [3.05, 3.63) is 35.5 Å². The fourth-order valence-electron chi connectivity index (χ4n) is 3.98. The number of benzene rings is 1. The zero-order valence-electron chi connectivity index (χ0n) is 10.7. The number of aromatic nitrogens is 1. The first-order valence-corrected chi connectivity index (χ1v) is 6.72. The lowest BCUT2D eigenvalue weighted by molar-refractivity contribution is -0.929. The van der Waals surface area contributed by atoms with E-state index in [-0.39, 0.29) is 24.0 Å². The molecule has 1 saturated heterocycles. The summed E-state index contributed by atoms with van der Waals surface area (Å²) in [5.41, 5.74) is 4.47. The van der Waals surface area contributed by atoms with E-state index >= 15 is 0 Å². The summed E-state index contributed by atoms with van der Waals surface area (Å²) in [6, 6.07) is 9.51. The van der Waals surface area contributed by atoms with Crippen LogP contribution in [0.5, 0.6) is 0 Å². The SMILES string of the molecule is C[N+]12CCCC1c1[nH]c3ccccc3c1CC2.[I-]. The van der Waals surface area contributed by atoms with Gasteiger partial charge in [0.25, 0.3) is 0 Å². The highest BCUT2D eigenvalue weighted by atomic mass is 127. The number of nitrogens with zero attached hydrogens (tertiary/aromatic N) is 1. The predicted octanol–water partition coefficient (Wildman–Crippen LogP) is 0.00950. The van der Waals surface area contributed by atoms with Crippen molar-refractivity contribution in [2.45, 2.75) is 25.3 Å². The number of H-pyrrole nitrogens is 1. The van der Waals surface area contributed by atoms with Crippen molar-refractivity contribution in [1.82, 2.24) is 4.98 Å². The average molecular weight is 354 g/mol. The molecule has 0 bridgehead atoms. The van der Waals surface area contributed by atoms with E-state index < -0.39 is 0 Å². The molecule has 0 radical (unpaired) electrons. The Morgan fingerprint density at radius 3 is 2.94 bits per heavy atom. The maximum Gasteiger partial charge on any atom is 0.130 e. The van der Waals surface area contributed by atoms with Crippen molar-refractivity contribution in [3.8, 4) is 0 Å². The van der Waals surface area contributed by atoms with Crippen molar-refractivity contribution < 1.29 is 28.5 Å². The van der Waals surface area contributed by atoms with Crippen LogP contribution in [0.2, 0.25) is 0 Å². The zero-order chi connectivity index (χ0) is 11.5. The molecule has 3 heteroatoms. The van der Waals surface area contributed by atoms with Gasteiger partial charge in [0, 0.05) is 30.2 Å². The van der Waals surface area contributed by atoms with Gasteiger partial charge in [-0.05, 0) is 11.6 Å². The Labute approximate surface area is 125 Å². The summed E-state index contributed by atoms with van der Waals surface area (Å²) in [5, 5.41) is 1.46. The largest absolute Gasteiger partial charge is 1.00 e. The molecule has 0 amide bonds. The van der Waals surface area contributed by atoms with Crippen LogP contribution >= 0.6 is 0 Å². The molecule has 2 aliphatic heterocycles. The summed E-state index contributed by atoms with van der Waals surface area (Å²) in [7, 11) is 2.44. The molecule has 1 aromatic carbocycles. The van der Waals surface area contributed by atoms with Crippen LogP contribution in [-0.4, -0.2) is 29.6 Å². The number of fused-ring (bicyclic) bond motifs is 5. The molecule has 0 aliphatic carbocycles. The van der Waals surface area contributed by atoms with Crippen molar-refractivity contribution >= 4 is 10.9 Å². The van der Waals surface area contributed by atoms with Crippen molar-refractivity contribution in [2.24, 2.45) is 0 Å². The molecular formula is C15H19IN2. The van der Waals surface area contributed by atoms with Gasteiger partial charge in [-0.25, -0.2) is 0 Å². The highest BCUT2D eigenvalue weighted by Gasteiger charge is 2.44. The van der Waals surface area contributed by atoms with Crippen LogP contribution in [-0.2, 0) is 6.42 Å². The molecule has 2 atom stereocenters. The van der Waals surface area contributed by atoms with Crippen LogP contribution in [0, 0.1) is 0 Å². The minimum Gasteiger partial charge on any atom is -1.00 e. The number of aromatic amines is 1. The Morgan fingerprint density at radius 1 is 1.22 bits per heavy atom. The van der Waals surface area contributed by atoms with E-state index in [0.717, 1.165) is 6.04 Å². The molecule has 2 nitrogen and oxygen atoms in total. The minimum absolute atomic E-state index is 0. The van der Waals surface area contributed by atoms with Gasteiger partial charge in [0.2, 0.25) is 0 Å². The highest BCUT2D eigenvalue weighted by Crippen LogP contribution is 2.44. The molecule has 2 aliphatic rings. The van der Waals surface area contributed by atoms with Gasteiger partial charge in [-0.1, -0.05) is 18.2 Å². The Kier molecular flexibility index (Phi) is 2.94. The van der Waals surface area contributed by atoms with Gasteiger partial charge < -0.3 is 33.4 Å². The van der Waals surface area contributed by atoms with Crippen LogP contribution in [0.4, 0.5) is 0 Å². The molecule has 1 fully saturated rings. The summed E-state index contributed by atoms with van der Waals surface area (Å²) in [4.78, 5) is 3.70. The van der Waals surface area contributed by atoms with Crippen LogP contribution in [0.3, 0.4) is 0 Å². The summed E-state index contributed by atoms with van der Waals surface area (Å²) in [6.45, 7) is 2.68. The van der Waals surface area contributed by atoms with E-state index in [2.05, 4.69) is 36.3 Å². The van der Waals surface area contributed by atoms with Gasteiger partial charge in [0.15, 0.2) is 0 Å². The van der Waals surface area contributed by atoms with Gasteiger partial charge in [-0.2, -0.15) is 0 Å². The molecule has 0 saturated carbocycles. The number of likely N-dealkylation sites (N-methyl/N-ethyl adjacent to an activating group) is 1. The smallest absolute Gasteiger partial charge is 0.130 e. The number of halogens is 1. The van der Waals surface area contributed by atoms with Gasteiger partial charge in [0.1, 0.15) is 6.04 Å². The van der Waals surface area contributed by atoms with Crippen molar-refractivity contribution in [2.75, 3.05) is 20.1 Å². The zero-order valence-corrected chi connectivity index (χ0v) is 12.9.